The van der Waals surface area contributed by atoms with Crippen molar-refractivity contribution in [1.29, 1.82) is 0 Å². The van der Waals surface area contributed by atoms with Crippen LogP contribution in [0.1, 0.15) is 35.4 Å². The second kappa shape index (κ2) is 6.11. The number of pyridine rings is 1. The number of hydrogen-bond acceptors (Lipinski definition) is 2. The van der Waals surface area contributed by atoms with Gasteiger partial charge in [-0.15, -0.1) is 0 Å². The molecule has 0 aliphatic heterocycles. The van der Waals surface area contributed by atoms with E-state index in [1.807, 2.05) is 12.1 Å². The number of rotatable bonds is 4. The van der Waals surface area contributed by atoms with Gasteiger partial charge in [0.15, 0.2) is 5.76 Å². The van der Waals surface area contributed by atoms with Gasteiger partial charge in [0.2, 0.25) is 0 Å². The molecule has 0 spiro atoms. The molecular formula is C18H20ClN2O+. The van der Waals surface area contributed by atoms with Gasteiger partial charge in [-0.2, -0.15) is 0 Å². The first-order chi connectivity index (χ1) is 10.6. The van der Waals surface area contributed by atoms with Crippen molar-refractivity contribution in [2.75, 3.05) is 0 Å². The van der Waals surface area contributed by atoms with E-state index in [1.165, 1.54) is 11.1 Å². The largest absolute Gasteiger partial charge is 0.463 e. The number of quaternary nitrogens is 1. The topological polar surface area (TPSA) is 42.6 Å². The Morgan fingerprint density at radius 2 is 2.09 bits per heavy atom. The molecule has 2 heterocycles. The summed E-state index contributed by atoms with van der Waals surface area (Å²) < 4.78 is 5.43. The number of aromatic nitrogens is 1. The summed E-state index contributed by atoms with van der Waals surface area (Å²) in [6.45, 7) is 7.08. The van der Waals surface area contributed by atoms with Crippen molar-refractivity contribution in [2.24, 2.45) is 0 Å². The minimum absolute atomic E-state index is 0.251. The van der Waals surface area contributed by atoms with Gasteiger partial charge in [-0.3, -0.25) is 0 Å². The van der Waals surface area contributed by atoms with Gasteiger partial charge in [0.05, 0.1) is 11.8 Å². The Morgan fingerprint density at radius 1 is 1.27 bits per heavy atom. The number of halogens is 1. The lowest BCUT2D eigenvalue weighted by atomic mass is 10.0. The number of fused-ring (bicyclic) bond motifs is 1. The van der Waals surface area contributed by atoms with E-state index in [0.29, 0.717) is 5.15 Å². The van der Waals surface area contributed by atoms with Crippen LogP contribution in [0, 0.1) is 13.8 Å². The average molecular weight is 316 g/mol. The Labute approximate surface area is 135 Å². The lowest BCUT2D eigenvalue weighted by Crippen LogP contribution is -2.83. The summed E-state index contributed by atoms with van der Waals surface area (Å²) in [5, 5.41) is 3.93. The van der Waals surface area contributed by atoms with Gasteiger partial charge >= 0.3 is 0 Å². The lowest BCUT2D eigenvalue weighted by molar-refractivity contribution is -0.709. The number of benzene rings is 1. The Balaban J connectivity index is 1.85. The SMILES string of the molecule is Cc1ccc2cc(C[NH2+][C@@H](C)c3ccco3)c(Cl)nc2c1C. The average Bonchev–Trinajstić information content (AvgIpc) is 3.04. The second-order valence-corrected chi connectivity index (χ2v) is 6.12. The fourth-order valence-electron chi connectivity index (χ4n) is 2.62. The van der Waals surface area contributed by atoms with Gasteiger partial charge in [0.1, 0.15) is 17.7 Å². The molecule has 0 unspecified atom stereocenters. The first-order valence-corrected chi connectivity index (χ1v) is 7.86. The van der Waals surface area contributed by atoms with Crippen molar-refractivity contribution >= 4 is 22.5 Å². The van der Waals surface area contributed by atoms with E-state index >= 15 is 0 Å². The maximum atomic E-state index is 6.38. The van der Waals surface area contributed by atoms with E-state index in [1.54, 1.807) is 6.26 Å². The molecule has 1 atom stereocenters. The third-order valence-electron chi connectivity index (χ3n) is 4.22. The minimum Gasteiger partial charge on any atom is -0.463 e. The Hall–Kier alpha value is -1.84. The fraction of sp³-hybridized carbons (Fsp3) is 0.278. The van der Waals surface area contributed by atoms with Crippen LogP contribution in [-0.2, 0) is 6.54 Å². The maximum Gasteiger partial charge on any atom is 0.160 e. The molecule has 3 rings (SSSR count). The van der Waals surface area contributed by atoms with E-state index in [-0.39, 0.29) is 6.04 Å². The molecule has 0 amide bonds. The Morgan fingerprint density at radius 3 is 2.82 bits per heavy atom. The molecule has 22 heavy (non-hydrogen) atoms. The minimum atomic E-state index is 0.251. The molecule has 0 saturated heterocycles. The number of furan rings is 1. The molecule has 0 radical (unpaired) electrons. The highest BCUT2D eigenvalue weighted by atomic mass is 35.5. The molecule has 2 N–H and O–H groups in total. The van der Waals surface area contributed by atoms with Crippen molar-refractivity contribution in [3.63, 3.8) is 0 Å². The van der Waals surface area contributed by atoms with Crippen LogP contribution in [-0.4, -0.2) is 4.98 Å². The first-order valence-electron chi connectivity index (χ1n) is 7.48. The van der Waals surface area contributed by atoms with Gasteiger partial charge in [0, 0.05) is 10.9 Å². The normalized spacial score (nSPS) is 12.7. The highest BCUT2D eigenvalue weighted by Gasteiger charge is 2.14. The zero-order chi connectivity index (χ0) is 15.7. The van der Waals surface area contributed by atoms with Crippen molar-refractivity contribution < 1.29 is 9.73 Å². The first kappa shape index (κ1) is 15.1. The van der Waals surface area contributed by atoms with Crippen molar-refractivity contribution in [1.82, 2.24) is 4.98 Å². The molecule has 4 heteroatoms. The Kier molecular flexibility index (Phi) is 4.19. The molecule has 3 aromatic rings. The van der Waals surface area contributed by atoms with Gasteiger partial charge in [-0.25, -0.2) is 4.98 Å². The van der Waals surface area contributed by atoms with Crippen molar-refractivity contribution in [3.8, 4) is 0 Å². The predicted molar refractivity (Wildman–Crippen MR) is 89.0 cm³/mol. The van der Waals surface area contributed by atoms with Crippen LogP contribution < -0.4 is 5.32 Å². The van der Waals surface area contributed by atoms with E-state index in [9.17, 15) is 0 Å². The van der Waals surface area contributed by atoms with Crippen LogP contribution in [0.3, 0.4) is 0 Å². The monoisotopic (exact) mass is 315 g/mol. The third-order valence-corrected chi connectivity index (χ3v) is 4.55. The van der Waals surface area contributed by atoms with E-state index < -0.39 is 0 Å². The summed E-state index contributed by atoms with van der Waals surface area (Å²) in [5.74, 6) is 0.969. The zero-order valence-corrected chi connectivity index (χ0v) is 13.8. The van der Waals surface area contributed by atoms with Crippen LogP contribution in [0.4, 0.5) is 0 Å². The van der Waals surface area contributed by atoms with Gasteiger partial charge in [-0.05, 0) is 50.1 Å². The summed E-state index contributed by atoms with van der Waals surface area (Å²) in [6, 6.07) is 10.5. The summed E-state index contributed by atoms with van der Waals surface area (Å²) >= 11 is 6.38. The van der Waals surface area contributed by atoms with E-state index in [2.05, 4.69) is 49.3 Å². The summed E-state index contributed by atoms with van der Waals surface area (Å²) in [7, 11) is 0. The molecule has 0 aliphatic rings. The summed E-state index contributed by atoms with van der Waals surface area (Å²) in [5.41, 5.74) is 4.48. The number of hydrogen-bond donors (Lipinski definition) is 1. The molecule has 114 valence electrons. The molecule has 0 fully saturated rings. The van der Waals surface area contributed by atoms with E-state index in [4.69, 9.17) is 16.0 Å². The second-order valence-electron chi connectivity index (χ2n) is 5.76. The van der Waals surface area contributed by atoms with Crippen LogP contribution in [0.5, 0.6) is 0 Å². The molecule has 0 saturated carbocycles. The van der Waals surface area contributed by atoms with Crippen LogP contribution in [0.15, 0.2) is 41.0 Å². The van der Waals surface area contributed by atoms with Crippen LogP contribution >= 0.6 is 11.6 Å². The smallest absolute Gasteiger partial charge is 0.160 e. The van der Waals surface area contributed by atoms with Crippen LogP contribution in [0.2, 0.25) is 5.15 Å². The molecular weight excluding hydrogens is 296 g/mol. The number of nitrogens with two attached hydrogens (primary N) is 1. The molecule has 0 bridgehead atoms. The third kappa shape index (κ3) is 2.87. The standard InChI is InChI=1S/C18H19ClN2O/c1-11-6-7-14-9-15(18(19)21-17(14)12(11)2)10-20-13(3)16-5-4-8-22-16/h4-9,13,20H,10H2,1-3H3/p+1/t13-/m0/s1. The predicted octanol–water partition coefficient (Wildman–Crippen LogP) is 3.92. The lowest BCUT2D eigenvalue weighted by Gasteiger charge is -2.11. The van der Waals surface area contributed by atoms with E-state index in [0.717, 1.165) is 28.8 Å². The number of aryl methyl sites for hydroxylation is 2. The van der Waals surface area contributed by atoms with Crippen molar-refractivity contribution in [3.05, 3.63) is 64.2 Å². The summed E-state index contributed by atoms with van der Waals surface area (Å²) in [6.07, 6.45) is 1.70. The zero-order valence-electron chi connectivity index (χ0n) is 13.1. The summed E-state index contributed by atoms with van der Waals surface area (Å²) in [4.78, 5) is 4.60. The molecule has 1 aromatic carbocycles. The number of nitrogens with zero attached hydrogens (tertiary/aromatic N) is 1. The van der Waals surface area contributed by atoms with Gasteiger partial charge < -0.3 is 9.73 Å². The van der Waals surface area contributed by atoms with Gasteiger partial charge in [0.25, 0.3) is 0 Å². The maximum absolute atomic E-state index is 6.38. The Bertz CT molecular complexity index is 796. The molecule has 0 aliphatic carbocycles. The van der Waals surface area contributed by atoms with Gasteiger partial charge in [-0.1, -0.05) is 23.7 Å². The molecule has 3 nitrogen and oxygen atoms in total. The van der Waals surface area contributed by atoms with Crippen molar-refractivity contribution in [2.45, 2.75) is 33.4 Å². The molecule has 2 aromatic heterocycles. The highest BCUT2D eigenvalue weighted by Crippen LogP contribution is 2.24. The highest BCUT2D eigenvalue weighted by molar-refractivity contribution is 6.30. The fourth-order valence-corrected chi connectivity index (χ4v) is 2.83. The quantitative estimate of drug-likeness (QED) is 0.741. The van der Waals surface area contributed by atoms with Crippen LogP contribution in [0.25, 0.3) is 10.9 Å².